The summed E-state index contributed by atoms with van der Waals surface area (Å²) in [5.41, 5.74) is 2.15. The lowest BCUT2D eigenvalue weighted by Crippen LogP contribution is -2.48. The van der Waals surface area contributed by atoms with Crippen molar-refractivity contribution in [1.82, 2.24) is 15.2 Å². The van der Waals surface area contributed by atoms with Crippen LogP contribution in [0.15, 0.2) is 46.8 Å². The quantitative estimate of drug-likeness (QED) is 0.375. The lowest BCUT2D eigenvalue weighted by Gasteiger charge is -2.35. The number of rotatable bonds is 7. The molecule has 2 heterocycles. The first kappa shape index (κ1) is 27.6. The minimum absolute atomic E-state index is 0.0494. The van der Waals surface area contributed by atoms with Gasteiger partial charge in [-0.05, 0) is 57.0 Å². The van der Waals surface area contributed by atoms with Crippen LogP contribution in [0.2, 0.25) is 0 Å². The Balaban J connectivity index is 1.23. The molecule has 2 aliphatic rings. The van der Waals surface area contributed by atoms with Crippen LogP contribution in [0.5, 0.6) is 0 Å². The first-order valence-electron chi connectivity index (χ1n) is 13.5. The summed E-state index contributed by atoms with van der Waals surface area (Å²) in [7, 11) is 0. The van der Waals surface area contributed by atoms with Gasteiger partial charge >= 0.3 is 0 Å². The predicted molar refractivity (Wildman–Crippen MR) is 156 cm³/mol. The number of anilines is 1. The van der Waals surface area contributed by atoms with Gasteiger partial charge in [-0.2, -0.15) is 0 Å². The molecule has 5 rings (SSSR count). The Hall–Kier alpha value is -2.95. The Labute approximate surface area is 236 Å². The summed E-state index contributed by atoms with van der Waals surface area (Å²) < 4.78 is 7.49. The van der Waals surface area contributed by atoms with Crippen LogP contribution in [0.4, 0.5) is 5.69 Å². The summed E-state index contributed by atoms with van der Waals surface area (Å²) >= 11 is 2.93. The van der Waals surface area contributed by atoms with E-state index in [-0.39, 0.29) is 29.9 Å². The topological polar surface area (TPSA) is 101 Å². The number of nitrogens with one attached hydrogen (secondary N) is 2. The number of benzene rings is 2. The van der Waals surface area contributed by atoms with Crippen molar-refractivity contribution in [3.8, 4) is 0 Å². The van der Waals surface area contributed by atoms with Crippen LogP contribution in [-0.2, 0) is 9.53 Å². The molecular weight excluding hydrogens is 532 g/mol. The van der Waals surface area contributed by atoms with Crippen molar-refractivity contribution in [2.75, 3.05) is 24.2 Å². The van der Waals surface area contributed by atoms with Crippen molar-refractivity contribution in [1.29, 1.82) is 0 Å². The van der Waals surface area contributed by atoms with Crippen LogP contribution in [0.3, 0.4) is 0 Å². The van der Waals surface area contributed by atoms with Crippen molar-refractivity contribution >= 4 is 56.7 Å². The zero-order valence-corrected chi connectivity index (χ0v) is 23.9. The van der Waals surface area contributed by atoms with E-state index >= 15 is 0 Å². The highest BCUT2D eigenvalue weighted by Gasteiger charge is 2.29. The number of nitrogens with zero attached hydrogens (tertiary/aromatic N) is 2. The van der Waals surface area contributed by atoms with Gasteiger partial charge in [0.2, 0.25) is 5.91 Å². The smallest absolute Gasteiger partial charge is 0.256 e. The van der Waals surface area contributed by atoms with Crippen LogP contribution < -0.4 is 10.6 Å². The first-order chi connectivity index (χ1) is 18.9. The van der Waals surface area contributed by atoms with Crippen molar-refractivity contribution < 1.29 is 19.1 Å². The van der Waals surface area contributed by atoms with Crippen molar-refractivity contribution in [3.05, 3.63) is 53.6 Å². The number of hydrogen-bond acceptors (Lipinski definition) is 7. The fourth-order valence-corrected chi connectivity index (χ4v) is 7.19. The lowest BCUT2D eigenvalue weighted by atomic mass is 9.95. The molecule has 1 aliphatic heterocycles. The van der Waals surface area contributed by atoms with Gasteiger partial charge in [-0.1, -0.05) is 43.2 Å². The van der Waals surface area contributed by atoms with Crippen molar-refractivity contribution in [2.45, 2.75) is 68.5 Å². The molecule has 1 saturated heterocycles. The molecule has 0 radical (unpaired) electrons. The maximum Gasteiger partial charge on any atom is 0.256 e. The molecule has 3 amide bonds. The summed E-state index contributed by atoms with van der Waals surface area (Å²) in [6, 6.07) is 12.8. The zero-order valence-electron chi connectivity index (χ0n) is 22.3. The summed E-state index contributed by atoms with van der Waals surface area (Å²) in [6.45, 7) is 4.87. The molecule has 206 valence electrons. The third-order valence-corrected chi connectivity index (χ3v) is 9.19. The fourth-order valence-electron chi connectivity index (χ4n) is 5.27. The number of carbonyl (C=O) groups excluding carboxylic acids is 3. The largest absolute Gasteiger partial charge is 0.372 e. The lowest BCUT2D eigenvalue weighted by molar-refractivity contribution is -0.119. The average molecular weight is 567 g/mol. The molecule has 0 bridgehead atoms. The number of amides is 3. The molecule has 2 N–H and O–H groups in total. The van der Waals surface area contributed by atoms with Gasteiger partial charge < -0.3 is 20.3 Å². The minimum atomic E-state index is -0.342. The number of carbonyl (C=O) groups is 3. The molecule has 1 aromatic heterocycles. The summed E-state index contributed by atoms with van der Waals surface area (Å²) in [5, 5.41) is 6.09. The van der Waals surface area contributed by atoms with Crippen LogP contribution >= 0.6 is 23.1 Å². The number of morpholine rings is 1. The third-order valence-electron chi connectivity index (χ3n) is 7.03. The van der Waals surface area contributed by atoms with Gasteiger partial charge in [0.25, 0.3) is 11.8 Å². The van der Waals surface area contributed by atoms with E-state index in [1.54, 1.807) is 35.2 Å². The Bertz CT molecular complexity index is 1340. The van der Waals surface area contributed by atoms with Crippen LogP contribution in [0.25, 0.3) is 10.2 Å². The summed E-state index contributed by atoms with van der Waals surface area (Å²) in [4.78, 5) is 45.4. The van der Waals surface area contributed by atoms with Crippen LogP contribution in [0, 0.1) is 0 Å². The monoisotopic (exact) mass is 566 g/mol. The second-order valence-electron chi connectivity index (χ2n) is 10.3. The Kier molecular flexibility index (Phi) is 8.84. The Morgan fingerprint density at radius 3 is 2.49 bits per heavy atom. The molecular formula is C29H34N4O4S2. The second-order valence-corrected chi connectivity index (χ2v) is 12.6. The van der Waals surface area contributed by atoms with E-state index in [2.05, 4.69) is 15.6 Å². The predicted octanol–water partition coefficient (Wildman–Crippen LogP) is 5.34. The normalized spacial score (nSPS) is 20.1. The number of hydrogen-bond donors (Lipinski definition) is 2. The fraction of sp³-hybridized carbons (Fsp3) is 0.448. The molecule has 8 nitrogen and oxygen atoms in total. The van der Waals surface area contributed by atoms with E-state index in [9.17, 15) is 14.4 Å². The van der Waals surface area contributed by atoms with E-state index < -0.39 is 0 Å². The van der Waals surface area contributed by atoms with Gasteiger partial charge in [-0.25, -0.2) is 4.98 Å². The second kappa shape index (κ2) is 12.5. The molecule has 39 heavy (non-hydrogen) atoms. The Morgan fingerprint density at radius 2 is 1.74 bits per heavy atom. The molecule has 1 aliphatic carbocycles. The van der Waals surface area contributed by atoms with Crippen molar-refractivity contribution in [3.63, 3.8) is 0 Å². The number of thioether (sulfide) groups is 1. The van der Waals surface area contributed by atoms with Gasteiger partial charge in [0.05, 0.1) is 39.3 Å². The van der Waals surface area contributed by atoms with Gasteiger partial charge in [0.1, 0.15) is 0 Å². The highest BCUT2D eigenvalue weighted by Crippen LogP contribution is 2.31. The van der Waals surface area contributed by atoms with E-state index in [0.717, 1.165) is 27.4 Å². The Morgan fingerprint density at radius 1 is 1.03 bits per heavy atom. The highest BCUT2D eigenvalue weighted by atomic mass is 32.2. The third kappa shape index (κ3) is 6.98. The maximum absolute atomic E-state index is 13.3. The van der Waals surface area contributed by atoms with E-state index in [0.29, 0.717) is 41.7 Å². The molecule has 2 aromatic carbocycles. The van der Waals surface area contributed by atoms with E-state index in [1.807, 2.05) is 26.0 Å². The maximum atomic E-state index is 13.3. The molecule has 2 fully saturated rings. The van der Waals surface area contributed by atoms with Gasteiger partial charge in [0.15, 0.2) is 4.34 Å². The molecule has 0 unspecified atom stereocenters. The number of fused-ring (bicyclic) bond motifs is 1. The van der Waals surface area contributed by atoms with Crippen LogP contribution in [0.1, 0.15) is 66.7 Å². The van der Waals surface area contributed by atoms with E-state index in [1.165, 1.54) is 42.4 Å². The summed E-state index contributed by atoms with van der Waals surface area (Å²) in [6.07, 6.45) is 5.64. The minimum Gasteiger partial charge on any atom is -0.372 e. The zero-order chi connectivity index (χ0) is 27.4. The van der Waals surface area contributed by atoms with Gasteiger partial charge in [0, 0.05) is 24.8 Å². The number of aromatic nitrogens is 1. The SMILES string of the molecule is C[C@@H]1CN(C(=O)c2ccccc2C(=O)Nc2ccc3nc(SCC(=O)NC4CCCCC4)sc3c2)C[C@H](C)O1. The molecule has 10 heteroatoms. The molecule has 0 spiro atoms. The van der Waals surface area contributed by atoms with Crippen LogP contribution in [-0.4, -0.2) is 64.7 Å². The number of ether oxygens (including phenoxy) is 1. The van der Waals surface area contributed by atoms with Gasteiger partial charge in [-0.3, -0.25) is 14.4 Å². The first-order valence-corrected chi connectivity index (χ1v) is 15.3. The van der Waals surface area contributed by atoms with E-state index in [4.69, 9.17) is 4.74 Å². The average Bonchev–Trinajstić information content (AvgIpc) is 3.34. The number of thiazole rings is 1. The standard InChI is InChI=1S/C29H34N4O4S2/c1-18-15-33(16-19(2)37-18)28(36)23-11-7-6-10-22(23)27(35)31-21-12-13-24-25(14-21)39-29(32-24)38-17-26(34)30-20-8-4-3-5-9-20/h6-7,10-14,18-20H,3-5,8-9,15-17H2,1-2H3,(H,30,34)(H,31,35)/t18-,19+. The highest BCUT2D eigenvalue weighted by molar-refractivity contribution is 8.01. The summed E-state index contributed by atoms with van der Waals surface area (Å²) in [5.74, 6) is -0.125. The molecule has 1 saturated carbocycles. The molecule has 3 aromatic rings. The molecule has 2 atom stereocenters. The van der Waals surface area contributed by atoms with Gasteiger partial charge in [-0.15, -0.1) is 11.3 Å². The van der Waals surface area contributed by atoms with Crippen molar-refractivity contribution in [2.24, 2.45) is 0 Å².